The molecule has 5 nitrogen and oxygen atoms in total. The van der Waals surface area contributed by atoms with Gasteiger partial charge in [0.05, 0.1) is 28.4 Å². The van der Waals surface area contributed by atoms with Gasteiger partial charge in [-0.3, -0.25) is 4.79 Å². The lowest BCUT2D eigenvalue weighted by Gasteiger charge is -2.19. The normalized spacial score (nSPS) is 15.1. The zero-order valence-corrected chi connectivity index (χ0v) is 21.9. The fraction of sp³-hybridized carbons (Fsp3) is 0.300. The number of nitrogens with zero attached hydrogens (tertiary/aromatic N) is 1. The Morgan fingerprint density at radius 3 is 2.69 bits per heavy atom. The van der Waals surface area contributed by atoms with E-state index in [2.05, 4.69) is 18.3 Å². The third-order valence-corrected chi connectivity index (χ3v) is 7.73. The monoisotopic (exact) mass is 498 g/mol. The summed E-state index contributed by atoms with van der Waals surface area (Å²) < 4.78 is 5.58. The molecule has 36 heavy (non-hydrogen) atoms. The number of esters is 1. The van der Waals surface area contributed by atoms with Crippen LogP contribution in [-0.4, -0.2) is 23.0 Å². The lowest BCUT2D eigenvalue weighted by molar-refractivity contribution is 0.0378. The van der Waals surface area contributed by atoms with Crippen molar-refractivity contribution in [1.29, 1.82) is 0 Å². The van der Waals surface area contributed by atoms with Gasteiger partial charge >= 0.3 is 5.97 Å². The van der Waals surface area contributed by atoms with Gasteiger partial charge in [-0.1, -0.05) is 48.9 Å². The van der Waals surface area contributed by atoms with Crippen LogP contribution in [0.4, 0.5) is 5.00 Å². The maximum Gasteiger partial charge on any atom is 0.341 e. The van der Waals surface area contributed by atoms with Crippen LogP contribution in [-0.2, 0) is 17.6 Å². The summed E-state index contributed by atoms with van der Waals surface area (Å²) in [5.74, 6) is -0.0742. The Kier molecular flexibility index (Phi) is 6.63. The predicted molar refractivity (Wildman–Crippen MR) is 146 cm³/mol. The highest BCUT2D eigenvalue weighted by atomic mass is 32.1. The van der Waals surface area contributed by atoms with Gasteiger partial charge in [0.15, 0.2) is 0 Å². The Morgan fingerprint density at radius 2 is 1.92 bits per heavy atom. The molecule has 2 aromatic heterocycles. The summed E-state index contributed by atoms with van der Waals surface area (Å²) in [5.41, 5.74) is 5.64. The van der Waals surface area contributed by atoms with Gasteiger partial charge in [0.25, 0.3) is 5.91 Å². The number of hydrogen-bond acceptors (Lipinski definition) is 5. The van der Waals surface area contributed by atoms with Crippen molar-refractivity contribution in [2.24, 2.45) is 5.92 Å². The van der Waals surface area contributed by atoms with Crippen molar-refractivity contribution in [2.45, 2.75) is 53.1 Å². The van der Waals surface area contributed by atoms with Crippen LogP contribution >= 0.6 is 11.3 Å². The quantitative estimate of drug-likeness (QED) is 0.295. The number of para-hydroxylation sites is 1. The lowest BCUT2D eigenvalue weighted by atomic mass is 9.88. The third-order valence-electron chi connectivity index (χ3n) is 6.56. The second-order valence-corrected chi connectivity index (χ2v) is 11.0. The van der Waals surface area contributed by atoms with Crippen molar-refractivity contribution in [2.75, 3.05) is 5.32 Å². The van der Waals surface area contributed by atoms with Crippen molar-refractivity contribution in [3.63, 3.8) is 0 Å². The molecule has 0 aliphatic heterocycles. The number of nitrogens with one attached hydrogen (secondary N) is 1. The molecular formula is C30H30N2O3S. The van der Waals surface area contributed by atoms with E-state index in [-0.39, 0.29) is 18.0 Å². The Balaban J connectivity index is 1.58. The molecule has 0 fully saturated rings. The van der Waals surface area contributed by atoms with Crippen LogP contribution in [0.1, 0.15) is 63.9 Å². The number of benzene rings is 2. The van der Waals surface area contributed by atoms with E-state index >= 15 is 0 Å². The fourth-order valence-electron chi connectivity index (χ4n) is 4.81. The molecule has 1 aliphatic rings. The molecule has 6 heteroatoms. The number of pyridine rings is 1. The zero-order chi connectivity index (χ0) is 25.4. The molecular weight excluding hydrogens is 468 g/mol. The number of ether oxygens (including phenoxy) is 1. The first-order chi connectivity index (χ1) is 17.3. The number of carbonyl (C=O) groups excluding carboxylic acids is 2. The number of fused-ring (bicyclic) bond motifs is 2. The van der Waals surface area contributed by atoms with Crippen molar-refractivity contribution in [1.82, 2.24) is 4.98 Å². The summed E-state index contributed by atoms with van der Waals surface area (Å²) in [6.45, 7) is 7.94. The van der Waals surface area contributed by atoms with E-state index in [1.54, 1.807) is 0 Å². The van der Waals surface area contributed by atoms with Crippen LogP contribution in [0.2, 0.25) is 0 Å². The van der Waals surface area contributed by atoms with Crippen LogP contribution < -0.4 is 5.32 Å². The molecule has 0 saturated heterocycles. The van der Waals surface area contributed by atoms with Gasteiger partial charge in [-0.25, -0.2) is 9.78 Å². The second-order valence-electron chi connectivity index (χ2n) is 9.91. The van der Waals surface area contributed by atoms with Crippen LogP contribution in [0.25, 0.3) is 22.2 Å². The van der Waals surface area contributed by atoms with Crippen LogP contribution in [0, 0.1) is 12.8 Å². The summed E-state index contributed by atoms with van der Waals surface area (Å²) in [5, 5.41) is 4.43. The first kappa shape index (κ1) is 24.2. The van der Waals surface area contributed by atoms with Gasteiger partial charge in [0.2, 0.25) is 0 Å². The number of rotatable bonds is 5. The molecule has 1 N–H and O–H groups in total. The Hall–Kier alpha value is -3.51. The van der Waals surface area contributed by atoms with Crippen molar-refractivity contribution >= 4 is 39.1 Å². The van der Waals surface area contributed by atoms with E-state index < -0.39 is 0 Å². The Labute approximate surface area is 215 Å². The van der Waals surface area contributed by atoms with Gasteiger partial charge in [-0.15, -0.1) is 11.3 Å². The number of hydrogen-bond donors (Lipinski definition) is 1. The number of anilines is 1. The molecule has 0 spiro atoms. The Bertz CT molecular complexity index is 1470. The molecule has 0 saturated carbocycles. The van der Waals surface area contributed by atoms with Gasteiger partial charge in [-0.05, 0) is 69.7 Å². The molecule has 4 aromatic rings. The van der Waals surface area contributed by atoms with Gasteiger partial charge in [-0.2, -0.15) is 0 Å². The topological polar surface area (TPSA) is 68.3 Å². The summed E-state index contributed by atoms with van der Waals surface area (Å²) in [4.78, 5) is 32.9. The minimum atomic E-state index is -0.368. The molecule has 1 amide bonds. The minimum absolute atomic E-state index is 0.236. The molecule has 2 aromatic carbocycles. The largest absolute Gasteiger partial charge is 0.459 e. The minimum Gasteiger partial charge on any atom is -0.459 e. The summed E-state index contributed by atoms with van der Waals surface area (Å²) >= 11 is 1.50. The SMILES string of the molecule is Cc1cccc(-c2cc(C(=O)Nc3sc4c(c3C(=O)OC(C)C)CC[C@@H](C)C4)c3ccccc3n2)c1. The number of aryl methyl sites for hydroxylation is 1. The molecule has 1 atom stereocenters. The lowest BCUT2D eigenvalue weighted by Crippen LogP contribution is -2.19. The molecule has 0 radical (unpaired) electrons. The first-order valence-corrected chi connectivity index (χ1v) is 13.3. The highest BCUT2D eigenvalue weighted by molar-refractivity contribution is 7.17. The number of carbonyl (C=O) groups is 2. The summed E-state index contributed by atoms with van der Waals surface area (Å²) in [6.07, 6.45) is 2.52. The first-order valence-electron chi connectivity index (χ1n) is 12.4. The standard InChI is InChI=1S/C30H30N2O3S/c1-17(2)35-30(34)27-22-13-12-19(4)15-26(22)36-29(27)32-28(33)23-16-25(20-9-7-8-18(3)14-20)31-24-11-6-5-10-21(23)24/h5-11,14,16-17,19H,12-13,15H2,1-4H3,(H,32,33)/t19-/m1/s1. The highest BCUT2D eigenvalue weighted by Crippen LogP contribution is 2.40. The number of thiophene rings is 1. The van der Waals surface area contributed by atoms with Gasteiger partial charge in [0.1, 0.15) is 5.00 Å². The average molecular weight is 499 g/mol. The van der Waals surface area contributed by atoms with Crippen molar-refractivity contribution in [3.05, 3.63) is 81.7 Å². The highest BCUT2D eigenvalue weighted by Gasteiger charge is 2.30. The zero-order valence-electron chi connectivity index (χ0n) is 21.1. The molecule has 1 aliphatic carbocycles. The molecule has 0 bridgehead atoms. The number of aromatic nitrogens is 1. The van der Waals surface area contributed by atoms with Crippen molar-refractivity contribution in [3.8, 4) is 11.3 Å². The molecule has 5 rings (SSSR count). The third kappa shape index (κ3) is 4.78. The molecule has 184 valence electrons. The van der Waals surface area contributed by atoms with E-state index in [4.69, 9.17) is 9.72 Å². The summed E-state index contributed by atoms with van der Waals surface area (Å²) in [7, 11) is 0. The van der Waals surface area contributed by atoms with Gasteiger partial charge in [0, 0.05) is 15.8 Å². The van der Waals surface area contributed by atoms with E-state index in [1.165, 1.54) is 16.2 Å². The van der Waals surface area contributed by atoms with Crippen LogP contribution in [0.15, 0.2) is 54.6 Å². The van der Waals surface area contributed by atoms with E-state index in [0.29, 0.717) is 22.0 Å². The number of amides is 1. The maximum atomic E-state index is 13.8. The average Bonchev–Trinajstić information content (AvgIpc) is 3.19. The molecule has 2 heterocycles. The van der Waals surface area contributed by atoms with Crippen LogP contribution in [0.5, 0.6) is 0 Å². The smallest absolute Gasteiger partial charge is 0.341 e. The van der Waals surface area contributed by atoms with E-state index in [9.17, 15) is 9.59 Å². The van der Waals surface area contributed by atoms with E-state index in [0.717, 1.165) is 52.5 Å². The summed E-state index contributed by atoms with van der Waals surface area (Å²) in [6, 6.07) is 17.6. The maximum absolute atomic E-state index is 13.8. The molecule has 0 unspecified atom stereocenters. The van der Waals surface area contributed by atoms with Crippen molar-refractivity contribution < 1.29 is 14.3 Å². The van der Waals surface area contributed by atoms with Crippen LogP contribution in [0.3, 0.4) is 0 Å². The fourth-order valence-corrected chi connectivity index (χ4v) is 6.21. The Morgan fingerprint density at radius 1 is 1.11 bits per heavy atom. The second kappa shape index (κ2) is 9.86. The predicted octanol–water partition coefficient (Wildman–Crippen LogP) is 7.21. The van der Waals surface area contributed by atoms with Gasteiger partial charge < -0.3 is 10.1 Å². The van der Waals surface area contributed by atoms with E-state index in [1.807, 2.05) is 69.3 Å².